The number of aryl methyl sites for hydroxylation is 1. The van der Waals surface area contributed by atoms with E-state index in [2.05, 4.69) is 5.32 Å². The number of rotatable bonds is 6. The molecule has 168 valence electrons. The van der Waals surface area contributed by atoms with Crippen molar-refractivity contribution in [1.82, 2.24) is 0 Å². The van der Waals surface area contributed by atoms with Crippen molar-refractivity contribution in [2.75, 3.05) is 19.0 Å². The summed E-state index contributed by atoms with van der Waals surface area (Å²) in [6.45, 7) is 1.39. The van der Waals surface area contributed by atoms with Gasteiger partial charge in [0.1, 0.15) is 11.3 Å². The molecule has 0 aliphatic rings. The van der Waals surface area contributed by atoms with Gasteiger partial charge in [0.25, 0.3) is 5.91 Å². The molecule has 0 aliphatic carbocycles. The average Bonchev–Trinajstić information content (AvgIpc) is 2.80. The van der Waals surface area contributed by atoms with Gasteiger partial charge >= 0.3 is 0 Å². The van der Waals surface area contributed by atoms with Crippen LogP contribution >= 0.6 is 23.2 Å². The van der Waals surface area contributed by atoms with Gasteiger partial charge in [0.2, 0.25) is 11.2 Å². The first-order chi connectivity index (χ1) is 15.9. The molecule has 0 radical (unpaired) electrons. The summed E-state index contributed by atoms with van der Waals surface area (Å²) in [4.78, 5) is 25.9. The zero-order chi connectivity index (χ0) is 23.5. The maximum atomic E-state index is 13.3. The van der Waals surface area contributed by atoms with Crippen LogP contribution in [0.5, 0.6) is 11.5 Å². The molecule has 0 saturated carbocycles. The second-order valence-electron chi connectivity index (χ2n) is 7.23. The molecule has 3 aromatic carbocycles. The van der Waals surface area contributed by atoms with Gasteiger partial charge in [0.15, 0.2) is 12.4 Å². The summed E-state index contributed by atoms with van der Waals surface area (Å²) in [5, 5.41) is 3.92. The molecule has 4 aromatic rings. The summed E-state index contributed by atoms with van der Waals surface area (Å²) in [6, 6.07) is 17.0. The lowest BCUT2D eigenvalue weighted by Gasteiger charge is -2.13. The highest BCUT2D eigenvalue weighted by molar-refractivity contribution is 6.32. The van der Waals surface area contributed by atoms with Crippen LogP contribution in [-0.4, -0.2) is 19.6 Å². The Balaban J connectivity index is 1.72. The minimum absolute atomic E-state index is 0.0973. The molecule has 33 heavy (non-hydrogen) atoms. The third-order valence-electron chi connectivity index (χ3n) is 4.97. The molecule has 0 fully saturated rings. The van der Waals surface area contributed by atoms with Crippen molar-refractivity contribution in [3.63, 3.8) is 0 Å². The van der Waals surface area contributed by atoms with E-state index in [1.807, 2.05) is 6.92 Å². The van der Waals surface area contributed by atoms with Crippen molar-refractivity contribution >= 4 is 45.8 Å². The number of hydrogen-bond acceptors (Lipinski definition) is 5. The number of halogens is 2. The number of hydrogen-bond donors (Lipinski definition) is 1. The van der Waals surface area contributed by atoms with Gasteiger partial charge in [-0.25, -0.2) is 0 Å². The van der Waals surface area contributed by atoms with E-state index in [0.29, 0.717) is 32.6 Å². The molecule has 8 heteroatoms. The number of para-hydroxylation sites is 2. The van der Waals surface area contributed by atoms with E-state index in [1.54, 1.807) is 54.6 Å². The molecule has 0 unspecified atom stereocenters. The Hall–Kier alpha value is -3.48. The number of anilines is 1. The molecular formula is C25H19Cl2NO5. The fourth-order valence-corrected chi connectivity index (χ4v) is 3.58. The first-order valence-corrected chi connectivity index (χ1v) is 10.7. The van der Waals surface area contributed by atoms with Crippen molar-refractivity contribution in [3.8, 4) is 22.8 Å². The second-order valence-corrected chi connectivity index (χ2v) is 8.07. The van der Waals surface area contributed by atoms with Crippen molar-refractivity contribution < 1.29 is 18.7 Å². The lowest BCUT2D eigenvalue weighted by Crippen LogP contribution is -2.23. The van der Waals surface area contributed by atoms with Gasteiger partial charge in [-0.1, -0.05) is 35.3 Å². The molecule has 0 spiro atoms. The monoisotopic (exact) mass is 483 g/mol. The van der Waals surface area contributed by atoms with E-state index in [1.165, 1.54) is 13.2 Å². The van der Waals surface area contributed by atoms with Crippen molar-refractivity contribution in [3.05, 3.63) is 86.5 Å². The molecule has 0 saturated heterocycles. The molecule has 4 rings (SSSR count). The molecule has 1 N–H and O–H groups in total. The molecule has 0 bridgehead atoms. The number of nitrogens with one attached hydrogen (secondary N) is 1. The highest BCUT2D eigenvalue weighted by Gasteiger charge is 2.20. The smallest absolute Gasteiger partial charge is 0.262 e. The minimum Gasteiger partial charge on any atom is -0.495 e. The van der Waals surface area contributed by atoms with Gasteiger partial charge < -0.3 is 19.2 Å². The molecule has 1 heterocycles. The van der Waals surface area contributed by atoms with Crippen LogP contribution in [0.15, 0.2) is 69.9 Å². The maximum absolute atomic E-state index is 13.3. The van der Waals surface area contributed by atoms with E-state index in [4.69, 9.17) is 37.1 Å². The van der Waals surface area contributed by atoms with Crippen molar-refractivity contribution in [1.29, 1.82) is 0 Å². The zero-order valence-electron chi connectivity index (χ0n) is 17.8. The summed E-state index contributed by atoms with van der Waals surface area (Å²) in [6.07, 6.45) is 0. The standard InChI is InChI=1S/C25H19Cl2NO5/c1-14-11-21-17(12-18(14)27)23(30)25(24(33-21)15-7-9-16(26)10-8-15)32-13-22(29)28-19-5-3-4-6-20(19)31-2/h3-12H,13H2,1-2H3,(H,28,29). The van der Waals surface area contributed by atoms with Crippen LogP contribution in [0, 0.1) is 6.92 Å². The van der Waals surface area contributed by atoms with Crippen LogP contribution in [0.3, 0.4) is 0 Å². The number of fused-ring (bicyclic) bond motifs is 1. The zero-order valence-corrected chi connectivity index (χ0v) is 19.3. The normalized spacial score (nSPS) is 10.8. The van der Waals surface area contributed by atoms with Crippen LogP contribution in [0.25, 0.3) is 22.3 Å². The molecular weight excluding hydrogens is 465 g/mol. The summed E-state index contributed by atoms with van der Waals surface area (Å²) >= 11 is 12.2. The molecule has 1 aromatic heterocycles. The third-order valence-corrected chi connectivity index (χ3v) is 5.62. The largest absolute Gasteiger partial charge is 0.495 e. The van der Waals surface area contributed by atoms with Gasteiger partial charge in [-0.15, -0.1) is 0 Å². The Kier molecular flexibility index (Phi) is 6.58. The summed E-state index contributed by atoms with van der Waals surface area (Å²) in [5.74, 6) is 0.127. The second kappa shape index (κ2) is 9.57. The highest BCUT2D eigenvalue weighted by atomic mass is 35.5. The van der Waals surface area contributed by atoms with Gasteiger partial charge in [-0.2, -0.15) is 0 Å². The minimum atomic E-state index is -0.469. The van der Waals surface area contributed by atoms with Crippen molar-refractivity contribution in [2.24, 2.45) is 0 Å². The Morgan fingerprint density at radius 3 is 2.52 bits per heavy atom. The predicted molar refractivity (Wildman–Crippen MR) is 130 cm³/mol. The lowest BCUT2D eigenvalue weighted by molar-refractivity contribution is -0.118. The van der Waals surface area contributed by atoms with Crippen molar-refractivity contribution in [2.45, 2.75) is 6.92 Å². The fourth-order valence-electron chi connectivity index (χ4n) is 3.29. The average molecular weight is 484 g/mol. The van der Waals surface area contributed by atoms with Crippen LogP contribution in [0.4, 0.5) is 5.69 Å². The Labute approximate surface area is 199 Å². The van der Waals surface area contributed by atoms with E-state index < -0.39 is 17.9 Å². The Morgan fingerprint density at radius 1 is 1.06 bits per heavy atom. The molecule has 1 amide bonds. The van der Waals surface area contributed by atoms with Crippen LogP contribution in [-0.2, 0) is 4.79 Å². The van der Waals surface area contributed by atoms with Crippen LogP contribution < -0.4 is 20.2 Å². The van der Waals surface area contributed by atoms with E-state index in [9.17, 15) is 9.59 Å². The van der Waals surface area contributed by atoms with Gasteiger partial charge in [0, 0.05) is 15.6 Å². The fraction of sp³-hybridized carbons (Fsp3) is 0.120. The summed E-state index contributed by atoms with van der Waals surface area (Å²) < 4.78 is 17.0. The van der Waals surface area contributed by atoms with E-state index >= 15 is 0 Å². The number of benzene rings is 3. The van der Waals surface area contributed by atoms with Gasteiger partial charge in [-0.05, 0) is 61.0 Å². The number of methoxy groups -OCH3 is 1. The van der Waals surface area contributed by atoms with E-state index in [-0.39, 0.29) is 16.9 Å². The van der Waals surface area contributed by atoms with E-state index in [0.717, 1.165) is 5.56 Å². The SMILES string of the molecule is COc1ccccc1NC(=O)COc1c(-c2ccc(Cl)cc2)oc2cc(C)c(Cl)cc2c1=O. The molecule has 6 nitrogen and oxygen atoms in total. The molecule has 0 atom stereocenters. The number of carbonyl (C=O) groups is 1. The topological polar surface area (TPSA) is 77.8 Å². The van der Waals surface area contributed by atoms with Gasteiger partial charge in [-0.3, -0.25) is 9.59 Å². The van der Waals surface area contributed by atoms with Crippen LogP contribution in [0.1, 0.15) is 5.56 Å². The maximum Gasteiger partial charge on any atom is 0.262 e. The Bertz CT molecular complexity index is 1400. The number of ether oxygens (including phenoxy) is 2. The van der Waals surface area contributed by atoms with Gasteiger partial charge in [0.05, 0.1) is 18.2 Å². The highest BCUT2D eigenvalue weighted by Crippen LogP contribution is 2.33. The quantitative estimate of drug-likeness (QED) is 0.358. The summed E-state index contributed by atoms with van der Waals surface area (Å²) in [7, 11) is 1.51. The predicted octanol–water partition coefficient (Wildman–Crippen LogP) is 6.10. The first kappa shape index (κ1) is 22.7. The Morgan fingerprint density at radius 2 is 1.79 bits per heavy atom. The number of carbonyl (C=O) groups excluding carboxylic acids is 1. The molecule has 0 aliphatic heterocycles. The number of amides is 1. The summed E-state index contributed by atoms with van der Waals surface area (Å²) in [5.41, 5.74) is 1.75. The lowest BCUT2D eigenvalue weighted by atomic mass is 10.1. The first-order valence-electron chi connectivity index (χ1n) is 9.96. The third kappa shape index (κ3) is 4.82. The van der Waals surface area contributed by atoms with Crippen LogP contribution in [0.2, 0.25) is 10.0 Å².